The third kappa shape index (κ3) is 3.55. The summed E-state index contributed by atoms with van der Waals surface area (Å²) in [5, 5.41) is 0. The maximum absolute atomic E-state index is 12.5. The molecule has 0 fully saturated rings. The zero-order valence-corrected chi connectivity index (χ0v) is 13.2. The Kier molecular flexibility index (Phi) is 4.85. The van der Waals surface area contributed by atoms with Crippen molar-refractivity contribution in [2.45, 2.75) is 17.6 Å². The Morgan fingerprint density at radius 3 is 2.43 bits per heavy atom. The number of aryl methyl sites for hydroxylation is 1. The number of nitrogens with two attached hydrogens (primary N) is 1. The van der Waals surface area contributed by atoms with Crippen molar-refractivity contribution >= 4 is 16.5 Å². The van der Waals surface area contributed by atoms with Crippen LogP contribution in [0.15, 0.2) is 41.3 Å². The first-order valence-electron chi connectivity index (χ1n) is 6.50. The molecule has 1 atom stereocenters. The number of hydrogen-bond acceptors (Lipinski definition) is 4. The van der Waals surface area contributed by atoms with Gasteiger partial charge in [0.05, 0.1) is 35.7 Å². The third-order valence-electron chi connectivity index (χ3n) is 3.16. The SMILES string of the molecule is COc1ccc(CS(=O)c2cc(C)ccc2N)cc1OC. The van der Waals surface area contributed by atoms with Gasteiger partial charge in [-0.25, -0.2) is 0 Å². The topological polar surface area (TPSA) is 61.5 Å². The molecule has 2 rings (SSSR count). The molecule has 2 aromatic rings. The number of hydrogen-bond donors (Lipinski definition) is 1. The van der Waals surface area contributed by atoms with Gasteiger partial charge < -0.3 is 15.2 Å². The summed E-state index contributed by atoms with van der Waals surface area (Å²) >= 11 is 0. The Labute approximate surface area is 127 Å². The molecule has 0 aliphatic rings. The first-order valence-corrected chi connectivity index (χ1v) is 7.82. The first kappa shape index (κ1) is 15.4. The minimum absolute atomic E-state index is 0.383. The molecule has 0 heterocycles. The lowest BCUT2D eigenvalue weighted by Crippen LogP contribution is -2.02. The van der Waals surface area contributed by atoms with Gasteiger partial charge in [0.1, 0.15) is 0 Å². The van der Waals surface area contributed by atoms with Gasteiger partial charge in [0.25, 0.3) is 0 Å². The molecule has 5 heteroatoms. The van der Waals surface area contributed by atoms with Gasteiger partial charge in [0.2, 0.25) is 0 Å². The minimum atomic E-state index is -1.20. The van der Waals surface area contributed by atoms with Crippen LogP contribution in [-0.2, 0) is 16.6 Å². The Hall–Kier alpha value is -2.01. The summed E-state index contributed by atoms with van der Waals surface area (Å²) in [6.07, 6.45) is 0. The Bertz CT molecular complexity index is 671. The smallest absolute Gasteiger partial charge is 0.161 e. The minimum Gasteiger partial charge on any atom is -0.493 e. The third-order valence-corrected chi connectivity index (χ3v) is 4.60. The summed E-state index contributed by atoms with van der Waals surface area (Å²) in [6, 6.07) is 11.1. The van der Waals surface area contributed by atoms with Crippen LogP contribution in [0.5, 0.6) is 11.5 Å². The molecule has 1 unspecified atom stereocenters. The zero-order valence-electron chi connectivity index (χ0n) is 12.4. The van der Waals surface area contributed by atoms with Gasteiger partial charge in [-0.3, -0.25) is 4.21 Å². The van der Waals surface area contributed by atoms with Crippen LogP contribution in [-0.4, -0.2) is 18.4 Å². The normalized spacial score (nSPS) is 12.0. The summed E-state index contributed by atoms with van der Waals surface area (Å²) in [5.41, 5.74) is 8.41. The summed E-state index contributed by atoms with van der Waals surface area (Å²) in [4.78, 5) is 0.671. The van der Waals surface area contributed by atoms with Crippen molar-refractivity contribution in [2.24, 2.45) is 0 Å². The van der Waals surface area contributed by atoms with Crippen molar-refractivity contribution in [1.82, 2.24) is 0 Å². The van der Waals surface area contributed by atoms with Gasteiger partial charge in [-0.05, 0) is 42.3 Å². The molecule has 4 nitrogen and oxygen atoms in total. The molecule has 0 radical (unpaired) electrons. The van der Waals surface area contributed by atoms with Crippen molar-refractivity contribution in [3.8, 4) is 11.5 Å². The highest BCUT2D eigenvalue weighted by Gasteiger charge is 2.11. The van der Waals surface area contributed by atoms with Crippen LogP contribution < -0.4 is 15.2 Å². The van der Waals surface area contributed by atoms with Crippen LogP contribution in [0.4, 0.5) is 5.69 Å². The van der Waals surface area contributed by atoms with E-state index in [4.69, 9.17) is 15.2 Å². The van der Waals surface area contributed by atoms with E-state index in [1.807, 2.05) is 37.3 Å². The highest BCUT2D eigenvalue weighted by molar-refractivity contribution is 7.84. The van der Waals surface area contributed by atoms with Gasteiger partial charge in [0.15, 0.2) is 11.5 Å². The van der Waals surface area contributed by atoms with Crippen molar-refractivity contribution in [3.05, 3.63) is 47.5 Å². The monoisotopic (exact) mass is 305 g/mol. The maximum atomic E-state index is 12.5. The number of benzene rings is 2. The fourth-order valence-corrected chi connectivity index (χ4v) is 3.32. The molecular weight excluding hydrogens is 286 g/mol. The Balaban J connectivity index is 2.25. The average molecular weight is 305 g/mol. The van der Waals surface area contributed by atoms with Crippen LogP contribution in [0, 0.1) is 6.92 Å². The van der Waals surface area contributed by atoms with E-state index in [2.05, 4.69) is 0 Å². The van der Waals surface area contributed by atoms with Crippen molar-refractivity contribution in [3.63, 3.8) is 0 Å². The molecule has 21 heavy (non-hydrogen) atoms. The molecule has 0 aliphatic carbocycles. The van der Waals surface area contributed by atoms with Gasteiger partial charge in [-0.15, -0.1) is 0 Å². The van der Waals surface area contributed by atoms with E-state index < -0.39 is 10.8 Å². The summed E-state index contributed by atoms with van der Waals surface area (Å²) < 4.78 is 23.0. The fourth-order valence-electron chi connectivity index (χ4n) is 2.04. The van der Waals surface area contributed by atoms with Crippen LogP contribution in [0.25, 0.3) is 0 Å². The van der Waals surface area contributed by atoms with E-state index in [0.717, 1.165) is 11.1 Å². The summed E-state index contributed by atoms with van der Waals surface area (Å²) in [7, 11) is 1.97. The van der Waals surface area contributed by atoms with Gasteiger partial charge in [-0.2, -0.15) is 0 Å². The van der Waals surface area contributed by atoms with E-state index in [0.29, 0.717) is 27.8 Å². The van der Waals surface area contributed by atoms with Crippen molar-refractivity contribution in [2.75, 3.05) is 20.0 Å². The summed E-state index contributed by atoms with van der Waals surface area (Å²) in [5.74, 6) is 1.67. The highest BCUT2D eigenvalue weighted by atomic mass is 32.2. The maximum Gasteiger partial charge on any atom is 0.161 e. The standard InChI is InChI=1S/C16H19NO3S/c1-11-4-6-13(17)16(8-11)21(18)10-12-5-7-14(19-2)15(9-12)20-3/h4-9H,10,17H2,1-3H3. The second-order valence-electron chi connectivity index (χ2n) is 4.72. The largest absolute Gasteiger partial charge is 0.493 e. The Morgan fingerprint density at radius 1 is 1.05 bits per heavy atom. The van der Waals surface area contributed by atoms with Crippen LogP contribution >= 0.6 is 0 Å². The van der Waals surface area contributed by atoms with E-state index in [9.17, 15) is 4.21 Å². The van der Waals surface area contributed by atoms with Crippen LogP contribution in [0.1, 0.15) is 11.1 Å². The molecule has 0 aliphatic heterocycles. The lowest BCUT2D eigenvalue weighted by Gasteiger charge is -2.10. The first-order chi connectivity index (χ1) is 10.0. The van der Waals surface area contributed by atoms with Gasteiger partial charge in [-0.1, -0.05) is 12.1 Å². The number of ether oxygens (including phenoxy) is 2. The molecule has 0 spiro atoms. The number of anilines is 1. The number of rotatable bonds is 5. The molecule has 112 valence electrons. The predicted molar refractivity (Wildman–Crippen MR) is 85.2 cm³/mol. The molecular formula is C16H19NO3S. The van der Waals surface area contributed by atoms with Gasteiger partial charge in [0, 0.05) is 5.69 Å². The van der Waals surface area contributed by atoms with E-state index in [-0.39, 0.29) is 0 Å². The molecule has 0 amide bonds. The van der Waals surface area contributed by atoms with E-state index in [1.165, 1.54) is 0 Å². The van der Waals surface area contributed by atoms with Crippen molar-refractivity contribution < 1.29 is 13.7 Å². The molecule has 2 aromatic carbocycles. The van der Waals surface area contributed by atoms with E-state index >= 15 is 0 Å². The van der Waals surface area contributed by atoms with E-state index in [1.54, 1.807) is 20.3 Å². The lowest BCUT2D eigenvalue weighted by atomic mass is 10.2. The van der Waals surface area contributed by atoms with Crippen LogP contribution in [0.2, 0.25) is 0 Å². The molecule has 0 bridgehead atoms. The molecule has 2 N–H and O–H groups in total. The van der Waals surface area contributed by atoms with Crippen molar-refractivity contribution in [1.29, 1.82) is 0 Å². The average Bonchev–Trinajstić information content (AvgIpc) is 2.49. The molecule has 0 saturated carbocycles. The predicted octanol–water partition coefficient (Wildman–Crippen LogP) is 2.90. The van der Waals surface area contributed by atoms with Gasteiger partial charge >= 0.3 is 0 Å². The fraction of sp³-hybridized carbons (Fsp3) is 0.250. The number of methoxy groups -OCH3 is 2. The lowest BCUT2D eigenvalue weighted by molar-refractivity contribution is 0.354. The zero-order chi connectivity index (χ0) is 15.4. The Morgan fingerprint density at radius 2 is 1.76 bits per heavy atom. The molecule has 0 aromatic heterocycles. The highest BCUT2D eigenvalue weighted by Crippen LogP contribution is 2.29. The quantitative estimate of drug-likeness (QED) is 0.863. The summed E-state index contributed by atoms with van der Waals surface area (Å²) in [6.45, 7) is 1.95. The number of nitrogen functional groups attached to an aromatic ring is 1. The second kappa shape index (κ2) is 6.63. The second-order valence-corrected chi connectivity index (χ2v) is 6.14. The van der Waals surface area contributed by atoms with Crippen LogP contribution in [0.3, 0.4) is 0 Å². The molecule has 0 saturated heterocycles.